The molecule has 12 heavy (non-hydrogen) atoms. The number of hydrogen-bond donors (Lipinski definition) is 0. The molecule has 0 atom stereocenters. The van der Waals surface area contributed by atoms with Gasteiger partial charge in [-0.3, -0.25) is 0 Å². The van der Waals surface area contributed by atoms with E-state index in [4.69, 9.17) is 4.74 Å². The summed E-state index contributed by atoms with van der Waals surface area (Å²) in [4.78, 5) is 7.67. The Bertz CT molecular complexity index is 265. The lowest BCUT2D eigenvalue weighted by molar-refractivity contribution is 0.369. The molecular weight excluding hydrogens is 159 g/mol. The maximum Gasteiger partial charge on any atom is 0.258 e. The van der Waals surface area contributed by atoms with Crippen LogP contribution in [0.15, 0.2) is 0 Å². The van der Waals surface area contributed by atoms with Crippen LogP contribution in [0.3, 0.4) is 0 Å². The first kappa shape index (κ1) is 8.90. The smallest absolute Gasteiger partial charge is 0.258 e. The third kappa shape index (κ3) is 1.52. The highest BCUT2D eigenvalue weighted by molar-refractivity contribution is 5.24. The van der Waals surface area contributed by atoms with Crippen LogP contribution in [0.2, 0.25) is 0 Å². The first-order valence-electron chi connectivity index (χ1n) is 3.76. The summed E-state index contributed by atoms with van der Waals surface area (Å²) in [7, 11) is 1.40. The van der Waals surface area contributed by atoms with E-state index in [9.17, 15) is 4.39 Å². The molecule has 0 aliphatic rings. The Morgan fingerprint density at radius 1 is 1.42 bits per heavy atom. The van der Waals surface area contributed by atoms with Crippen molar-refractivity contribution >= 4 is 0 Å². The molecule has 66 valence electrons. The van der Waals surface area contributed by atoms with Crippen LogP contribution < -0.4 is 4.74 Å². The maximum absolute atomic E-state index is 13.0. The Morgan fingerprint density at radius 2 is 2.08 bits per heavy atom. The fourth-order valence-electron chi connectivity index (χ4n) is 0.973. The van der Waals surface area contributed by atoms with Crippen LogP contribution in [-0.4, -0.2) is 17.1 Å². The summed E-state index contributed by atoms with van der Waals surface area (Å²) in [5.41, 5.74) is 0.543. The van der Waals surface area contributed by atoms with Crippen molar-refractivity contribution in [2.45, 2.75) is 20.3 Å². The minimum Gasteiger partial charge on any atom is -0.490 e. The average molecular weight is 170 g/mol. The number of methoxy groups -OCH3 is 1. The summed E-state index contributed by atoms with van der Waals surface area (Å²) in [5, 5.41) is 0. The minimum atomic E-state index is -0.582. The molecule has 0 aliphatic heterocycles. The van der Waals surface area contributed by atoms with Crippen LogP contribution in [0.25, 0.3) is 0 Å². The van der Waals surface area contributed by atoms with Crippen molar-refractivity contribution in [3.63, 3.8) is 0 Å². The van der Waals surface area contributed by atoms with Crippen LogP contribution in [0.5, 0.6) is 5.75 Å². The summed E-state index contributed by atoms with van der Waals surface area (Å²) < 4.78 is 17.8. The van der Waals surface area contributed by atoms with E-state index in [-0.39, 0.29) is 5.75 Å². The van der Waals surface area contributed by atoms with Gasteiger partial charge < -0.3 is 4.74 Å². The Kier molecular flexibility index (Phi) is 2.58. The van der Waals surface area contributed by atoms with Crippen molar-refractivity contribution in [1.82, 2.24) is 9.97 Å². The number of aromatic nitrogens is 2. The number of rotatable bonds is 2. The van der Waals surface area contributed by atoms with Gasteiger partial charge in [0.25, 0.3) is 5.95 Å². The highest BCUT2D eigenvalue weighted by Gasteiger charge is 2.09. The zero-order chi connectivity index (χ0) is 9.14. The van der Waals surface area contributed by atoms with Crippen molar-refractivity contribution in [3.05, 3.63) is 17.5 Å². The molecular formula is C8H11FN2O. The lowest BCUT2D eigenvalue weighted by Crippen LogP contribution is -2.02. The average Bonchev–Trinajstić information content (AvgIpc) is 2.03. The van der Waals surface area contributed by atoms with Crippen molar-refractivity contribution < 1.29 is 9.13 Å². The number of ether oxygens (including phenoxy) is 1. The van der Waals surface area contributed by atoms with E-state index >= 15 is 0 Å². The minimum absolute atomic E-state index is 0.132. The lowest BCUT2D eigenvalue weighted by Gasteiger charge is -2.05. The molecule has 0 bridgehead atoms. The maximum atomic E-state index is 13.0. The van der Waals surface area contributed by atoms with Crippen LogP contribution in [0, 0.1) is 12.9 Å². The topological polar surface area (TPSA) is 35.0 Å². The standard InChI is InChI=1S/C8H11FN2O/c1-4-6-10-5(2)7(12-3)8(9)11-6/h4H2,1-3H3. The summed E-state index contributed by atoms with van der Waals surface area (Å²) in [6.45, 7) is 3.57. The fourth-order valence-corrected chi connectivity index (χ4v) is 0.973. The SMILES string of the molecule is CCc1nc(C)c(OC)c(F)n1. The highest BCUT2D eigenvalue weighted by atomic mass is 19.1. The van der Waals surface area contributed by atoms with E-state index < -0.39 is 5.95 Å². The third-order valence-electron chi connectivity index (χ3n) is 1.56. The van der Waals surface area contributed by atoms with Gasteiger partial charge in [-0.25, -0.2) is 9.97 Å². The van der Waals surface area contributed by atoms with Crippen molar-refractivity contribution in [3.8, 4) is 5.75 Å². The summed E-state index contributed by atoms with van der Waals surface area (Å²) >= 11 is 0. The molecule has 0 spiro atoms. The van der Waals surface area contributed by atoms with Gasteiger partial charge in [0.2, 0.25) is 0 Å². The van der Waals surface area contributed by atoms with Crippen LogP contribution in [0.1, 0.15) is 18.4 Å². The molecule has 0 saturated heterocycles. The van der Waals surface area contributed by atoms with Gasteiger partial charge in [0.15, 0.2) is 5.75 Å². The number of halogens is 1. The van der Waals surface area contributed by atoms with Gasteiger partial charge in [0, 0.05) is 6.42 Å². The predicted octanol–water partition coefficient (Wildman–Crippen LogP) is 1.50. The Balaban J connectivity index is 3.18. The van der Waals surface area contributed by atoms with Crippen molar-refractivity contribution in [1.29, 1.82) is 0 Å². The molecule has 0 aromatic carbocycles. The Hall–Kier alpha value is -1.19. The zero-order valence-corrected chi connectivity index (χ0v) is 7.39. The van der Waals surface area contributed by atoms with Crippen LogP contribution >= 0.6 is 0 Å². The second-order valence-electron chi connectivity index (χ2n) is 2.40. The second-order valence-corrected chi connectivity index (χ2v) is 2.40. The largest absolute Gasteiger partial charge is 0.490 e. The van der Waals surface area contributed by atoms with E-state index in [0.717, 1.165) is 0 Å². The first-order chi connectivity index (χ1) is 5.69. The summed E-state index contributed by atoms with van der Waals surface area (Å²) in [6.07, 6.45) is 0.627. The molecule has 1 aromatic rings. The van der Waals surface area contributed by atoms with Crippen LogP contribution in [-0.2, 0) is 6.42 Å². The van der Waals surface area contributed by atoms with E-state index in [2.05, 4.69) is 9.97 Å². The van der Waals surface area contributed by atoms with Crippen LogP contribution in [0.4, 0.5) is 4.39 Å². The molecule has 1 rings (SSSR count). The van der Waals surface area contributed by atoms with Gasteiger partial charge in [0.1, 0.15) is 5.82 Å². The van der Waals surface area contributed by atoms with Gasteiger partial charge in [0.05, 0.1) is 12.8 Å². The van der Waals surface area contributed by atoms with Gasteiger partial charge in [-0.1, -0.05) is 6.92 Å². The number of nitrogens with zero attached hydrogens (tertiary/aromatic N) is 2. The first-order valence-corrected chi connectivity index (χ1v) is 3.76. The van der Waals surface area contributed by atoms with E-state index in [0.29, 0.717) is 17.9 Å². The Labute approximate surface area is 70.6 Å². The molecule has 0 fully saturated rings. The zero-order valence-electron chi connectivity index (χ0n) is 7.39. The highest BCUT2D eigenvalue weighted by Crippen LogP contribution is 2.17. The molecule has 4 heteroatoms. The lowest BCUT2D eigenvalue weighted by atomic mass is 10.3. The van der Waals surface area contributed by atoms with Gasteiger partial charge in [-0.15, -0.1) is 0 Å². The van der Waals surface area contributed by atoms with Gasteiger partial charge in [-0.2, -0.15) is 4.39 Å². The van der Waals surface area contributed by atoms with Gasteiger partial charge >= 0.3 is 0 Å². The molecule has 0 amide bonds. The van der Waals surface area contributed by atoms with Crippen molar-refractivity contribution in [2.24, 2.45) is 0 Å². The molecule has 0 radical (unpaired) electrons. The summed E-state index contributed by atoms with van der Waals surface area (Å²) in [6, 6.07) is 0. The van der Waals surface area contributed by atoms with E-state index in [1.807, 2.05) is 6.92 Å². The van der Waals surface area contributed by atoms with E-state index in [1.54, 1.807) is 6.92 Å². The normalized spacial score (nSPS) is 10.0. The molecule has 3 nitrogen and oxygen atoms in total. The molecule has 0 unspecified atom stereocenters. The van der Waals surface area contributed by atoms with E-state index in [1.165, 1.54) is 7.11 Å². The summed E-state index contributed by atoms with van der Waals surface area (Å²) in [5.74, 6) is 0.0554. The number of hydrogen-bond acceptors (Lipinski definition) is 3. The fraction of sp³-hybridized carbons (Fsp3) is 0.500. The molecule has 1 aromatic heterocycles. The Morgan fingerprint density at radius 3 is 2.50 bits per heavy atom. The predicted molar refractivity (Wildman–Crippen MR) is 42.7 cm³/mol. The monoisotopic (exact) mass is 170 g/mol. The second kappa shape index (κ2) is 3.47. The molecule has 1 heterocycles. The molecule has 0 N–H and O–H groups in total. The quantitative estimate of drug-likeness (QED) is 0.631. The van der Waals surface area contributed by atoms with Crippen molar-refractivity contribution in [2.75, 3.05) is 7.11 Å². The number of aryl methyl sites for hydroxylation is 2. The molecule has 0 aliphatic carbocycles. The van der Waals surface area contributed by atoms with Gasteiger partial charge in [-0.05, 0) is 6.92 Å². The molecule has 0 saturated carbocycles. The third-order valence-corrected chi connectivity index (χ3v) is 1.56.